The largest absolute Gasteiger partial charge is 0.493 e. The first-order valence-electron chi connectivity index (χ1n) is 16.0. The molecule has 6 rings (SSSR count). The fraction of sp³-hybridized carbons (Fsp3) is 0.278. The van der Waals surface area contributed by atoms with Crippen LogP contribution in [-0.2, 0) is 0 Å². The lowest BCUT2D eigenvalue weighted by Gasteiger charge is -2.30. The first-order valence-corrected chi connectivity index (χ1v) is 16.4. The van der Waals surface area contributed by atoms with Crippen LogP contribution in [0.3, 0.4) is 0 Å². The second-order valence-electron chi connectivity index (χ2n) is 12.0. The highest BCUT2D eigenvalue weighted by Crippen LogP contribution is 2.38. The number of ether oxygens (including phenoxy) is 3. The molecule has 260 valence electrons. The predicted molar refractivity (Wildman–Crippen MR) is 186 cm³/mol. The number of aromatic nitrogens is 3. The van der Waals surface area contributed by atoms with Gasteiger partial charge in [0.15, 0.2) is 23.1 Å². The predicted octanol–water partition coefficient (Wildman–Crippen LogP) is 6.76. The van der Waals surface area contributed by atoms with Crippen molar-refractivity contribution in [2.75, 3.05) is 33.4 Å². The van der Waals surface area contributed by atoms with E-state index < -0.39 is 34.3 Å². The maximum absolute atomic E-state index is 15.3. The van der Waals surface area contributed by atoms with E-state index in [-0.39, 0.29) is 22.1 Å². The van der Waals surface area contributed by atoms with Crippen molar-refractivity contribution in [2.24, 2.45) is 10.9 Å². The Hall–Kier alpha value is -5.27. The number of aromatic amines is 1. The number of hydrogen-bond acceptors (Lipinski definition) is 9. The van der Waals surface area contributed by atoms with Crippen molar-refractivity contribution < 1.29 is 28.1 Å². The average Bonchev–Trinajstić information content (AvgIpc) is 3.09. The average molecular weight is 706 g/mol. The van der Waals surface area contributed by atoms with Gasteiger partial charge in [0.1, 0.15) is 17.1 Å². The Morgan fingerprint density at radius 2 is 1.82 bits per heavy atom. The van der Waals surface area contributed by atoms with E-state index in [4.69, 9.17) is 25.8 Å². The summed E-state index contributed by atoms with van der Waals surface area (Å²) in [5, 5.41) is 11.0. The second kappa shape index (κ2) is 15.1. The van der Waals surface area contributed by atoms with Gasteiger partial charge in [0.25, 0.3) is 5.56 Å². The molecule has 1 fully saturated rings. The topological polar surface area (TPSA) is 131 Å². The molecule has 2 N–H and O–H groups in total. The van der Waals surface area contributed by atoms with Crippen LogP contribution >= 0.6 is 11.6 Å². The summed E-state index contributed by atoms with van der Waals surface area (Å²) in [5.74, 6) is -0.226. The first kappa shape index (κ1) is 34.6. The number of piperidine rings is 1. The monoisotopic (exact) mass is 705 g/mol. The maximum Gasteiger partial charge on any atom is 0.335 e. The van der Waals surface area contributed by atoms with Crippen molar-refractivity contribution in [2.45, 2.75) is 26.2 Å². The third-order valence-electron chi connectivity index (χ3n) is 8.50. The minimum atomic E-state index is -0.983. The molecule has 0 atom stereocenters. The van der Waals surface area contributed by atoms with Crippen LogP contribution in [0.15, 0.2) is 75.4 Å². The Labute approximate surface area is 290 Å². The number of halogens is 3. The summed E-state index contributed by atoms with van der Waals surface area (Å²) in [4.78, 5) is 38.0. The fourth-order valence-electron chi connectivity index (χ4n) is 5.67. The van der Waals surface area contributed by atoms with Gasteiger partial charge in [-0.05, 0) is 80.7 Å². The lowest BCUT2D eigenvalue weighted by molar-refractivity contribution is 0.176. The Morgan fingerprint density at radius 3 is 2.56 bits per heavy atom. The number of benzene rings is 3. The number of hydrogen-bond donors (Lipinski definition) is 2. The maximum atomic E-state index is 15.3. The number of aromatic hydroxyl groups is 1. The minimum Gasteiger partial charge on any atom is -0.493 e. The fourth-order valence-corrected chi connectivity index (χ4v) is 5.85. The highest BCUT2D eigenvalue weighted by atomic mass is 35.5. The summed E-state index contributed by atoms with van der Waals surface area (Å²) in [6.07, 6.45) is 5.84. The molecule has 1 aliphatic rings. The van der Waals surface area contributed by atoms with Gasteiger partial charge in [0.05, 0.1) is 35.6 Å². The van der Waals surface area contributed by atoms with Crippen LogP contribution in [-0.4, -0.2) is 64.1 Å². The van der Waals surface area contributed by atoms with Crippen molar-refractivity contribution in [3.8, 4) is 34.6 Å². The van der Waals surface area contributed by atoms with Crippen LogP contribution in [0.1, 0.15) is 31.7 Å². The summed E-state index contributed by atoms with van der Waals surface area (Å²) in [5.41, 5.74) is -1.68. The van der Waals surface area contributed by atoms with Crippen LogP contribution in [0.4, 0.5) is 14.5 Å². The summed E-state index contributed by atoms with van der Waals surface area (Å²) in [6.45, 7) is 6.01. The third kappa shape index (κ3) is 7.63. The standard InChI is InChI=1S/C36H34ClF2N5O6/c1-21-9-13-43(14-10-21)12-3-15-49-33-19-29-24(18-32(33)48-2)30(8-11-40-29)50-31-7-4-22(16-28(31)39)41-20-25-34(45)42-36(47)44(35(25)46)23-5-6-27(38)26(37)17-23/h4-8,11,16-21,46H,3,9-10,12-15H2,1-2H3,(H,42,45,47). The molecule has 5 aromatic rings. The number of nitrogens with one attached hydrogen (secondary N) is 1. The van der Waals surface area contributed by atoms with E-state index in [9.17, 15) is 19.1 Å². The number of pyridine rings is 1. The number of fused-ring (bicyclic) bond motifs is 1. The van der Waals surface area contributed by atoms with Gasteiger partial charge in [0, 0.05) is 36.5 Å². The van der Waals surface area contributed by atoms with E-state index in [0.29, 0.717) is 34.8 Å². The second-order valence-corrected chi connectivity index (χ2v) is 12.4. The lowest BCUT2D eigenvalue weighted by atomic mass is 9.99. The number of H-pyrrole nitrogens is 1. The number of rotatable bonds is 11. The SMILES string of the molecule is COc1cc2c(Oc3ccc(N=Cc4c(O)n(-c5ccc(F)c(Cl)c5)c(=O)[nH]c4=O)cc3F)ccnc2cc1OCCCN1CCC(C)CC1. The molecule has 0 aliphatic carbocycles. The molecule has 0 spiro atoms. The van der Waals surface area contributed by atoms with Crippen molar-refractivity contribution >= 4 is 34.4 Å². The zero-order chi connectivity index (χ0) is 35.4. The normalized spacial score (nSPS) is 14.0. The Balaban J connectivity index is 1.17. The van der Waals surface area contributed by atoms with Crippen LogP contribution < -0.4 is 25.5 Å². The van der Waals surface area contributed by atoms with Crippen LogP contribution in [0, 0.1) is 17.6 Å². The summed E-state index contributed by atoms with van der Waals surface area (Å²) in [6, 6.07) is 12.3. The quantitative estimate of drug-likeness (QED) is 0.114. The van der Waals surface area contributed by atoms with Gasteiger partial charge in [-0.1, -0.05) is 18.5 Å². The molecule has 50 heavy (non-hydrogen) atoms. The molecule has 1 saturated heterocycles. The summed E-state index contributed by atoms with van der Waals surface area (Å²) in [7, 11) is 1.54. The molecule has 0 unspecified atom stereocenters. The van der Waals surface area contributed by atoms with E-state index >= 15 is 4.39 Å². The van der Waals surface area contributed by atoms with E-state index in [1.807, 2.05) is 0 Å². The van der Waals surface area contributed by atoms with Crippen LogP contribution in [0.5, 0.6) is 28.9 Å². The zero-order valence-electron chi connectivity index (χ0n) is 27.3. The lowest BCUT2D eigenvalue weighted by Crippen LogP contribution is -2.34. The molecule has 11 nitrogen and oxygen atoms in total. The van der Waals surface area contributed by atoms with Gasteiger partial charge in [-0.2, -0.15) is 0 Å². The van der Waals surface area contributed by atoms with Crippen molar-refractivity contribution in [3.63, 3.8) is 0 Å². The number of likely N-dealkylation sites (tertiary alicyclic amines) is 1. The third-order valence-corrected chi connectivity index (χ3v) is 8.79. The van der Waals surface area contributed by atoms with E-state index in [0.717, 1.165) is 61.0 Å². The van der Waals surface area contributed by atoms with Crippen molar-refractivity contribution in [3.05, 3.63) is 104 Å². The molecule has 0 radical (unpaired) electrons. The van der Waals surface area contributed by atoms with E-state index in [1.54, 1.807) is 31.5 Å². The van der Waals surface area contributed by atoms with Gasteiger partial charge in [-0.3, -0.25) is 19.8 Å². The van der Waals surface area contributed by atoms with Gasteiger partial charge < -0.3 is 24.2 Å². The Bertz CT molecular complexity index is 2180. The molecular formula is C36H34ClF2N5O6. The molecule has 3 aromatic carbocycles. The molecule has 2 aromatic heterocycles. The Morgan fingerprint density at radius 1 is 1.02 bits per heavy atom. The van der Waals surface area contributed by atoms with Gasteiger partial charge >= 0.3 is 5.69 Å². The highest BCUT2D eigenvalue weighted by molar-refractivity contribution is 6.30. The number of methoxy groups -OCH3 is 1. The summed E-state index contributed by atoms with van der Waals surface area (Å²) < 4.78 is 47.3. The molecule has 0 amide bonds. The number of aliphatic imine (C=N–C) groups is 1. The highest BCUT2D eigenvalue weighted by Gasteiger charge is 2.18. The molecular weight excluding hydrogens is 672 g/mol. The molecule has 14 heteroatoms. The van der Waals surface area contributed by atoms with Crippen LogP contribution in [0.2, 0.25) is 5.02 Å². The molecule has 3 heterocycles. The van der Waals surface area contributed by atoms with Gasteiger partial charge in [-0.25, -0.2) is 18.1 Å². The molecule has 0 saturated carbocycles. The smallest absolute Gasteiger partial charge is 0.335 e. The minimum absolute atomic E-state index is 0.000295. The zero-order valence-corrected chi connectivity index (χ0v) is 28.0. The van der Waals surface area contributed by atoms with E-state index in [2.05, 4.69) is 26.8 Å². The van der Waals surface area contributed by atoms with Crippen molar-refractivity contribution in [1.29, 1.82) is 0 Å². The molecule has 1 aliphatic heterocycles. The Kier molecular flexibility index (Phi) is 10.4. The van der Waals surface area contributed by atoms with Gasteiger partial charge in [0.2, 0.25) is 5.88 Å². The molecule has 0 bridgehead atoms. The summed E-state index contributed by atoms with van der Waals surface area (Å²) >= 11 is 5.82. The van der Waals surface area contributed by atoms with Gasteiger partial charge in [-0.15, -0.1) is 0 Å². The number of nitrogens with zero attached hydrogens (tertiary/aromatic N) is 4. The van der Waals surface area contributed by atoms with Crippen molar-refractivity contribution in [1.82, 2.24) is 19.4 Å². The first-order chi connectivity index (χ1) is 24.1. The van der Waals surface area contributed by atoms with Crippen LogP contribution in [0.25, 0.3) is 16.6 Å². The van der Waals surface area contributed by atoms with E-state index in [1.165, 1.54) is 31.0 Å².